The predicted molar refractivity (Wildman–Crippen MR) is 173 cm³/mol. The zero-order chi connectivity index (χ0) is 32.0. The normalized spacial score (nSPS) is 19.4. The Morgan fingerprint density at radius 3 is 2.27 bits per heavy atom. The summed E-state index contributed by atoms with van der Waals surface area (Å²) in [5.74, 6) is 1.25. The van der Waals surface area contributed by atoms with Gasteiger partial charge in [0.1, 0.15) is 17.2 Å². The molecule has 0 bridgehead atoms. The van der Waals surface area contributed by atoms with Gasteiger partial charge >= 0.3 is 12.0 Å². The smallest absolute Gasteiger partial charge is 0.322 e. The van der Waals surface area contributed by atoms with Gasteiger partial charge in [-0.2, -0.15) is 0 Å². The van der Waals surface area contributed by atoms with Crippen molar-refractivity contribution in [2.45, 2.75) is 71.4 Å². The second-order valence-electron chi connectivity index (χ2n) is 13.0. The Labute approximate surface area is 264 Å². The number of fused-ring (bicyclic) bond motifs is 1. The first-order chi connectivity index (χ1) is 21.6. The van der Waals surface area contributed by atoms with Crippen LogP contribution in [0.15, 0.2) is 72.8 Å². The summed E-state index contributed by atoms with van der Waals surface area (Å²) in [4.78, 5) is 39.7. The Bertz CT molecular complexity index is 1480. The number of ether oxygens (including phenoxy) is 2. The summed E-state index contributed by atoms with van der Waals surface area (Å²) in [7, 11) is 0. The Kier molecular flexibility index (Phi) is 9.96. The van der Waals surface area contributed by atoms with E-state index in [9.17, 15) is 14.4 Å². The van der Waals surface area contributed by atoms with Gasteiger partial charge in [0.2, 0.25) is 0 Å². The number of nitrogens with zero attached hydrogens (tertiary/aromatic N) is 1. The summed E-state index contributed by atoms with van der Waals surface area (Å²) < 4.78 is 11.9. The van der Waals surface area contributed by atoms with Crippen molar-refractivity contribution in [2.24, 2.45) is 11.3 Å². The monoisotopic (exact) mass is 613 g/mol. The van der Waals surface area contributed by atoms with Crippen molar-refractivity contribution < 1.29 is 29.0 Å². The lowest BCUT2D eigenvalue weighted by Gasteiger charge is -2.45. The van der Waals surface area contributed by atoms with E-state index in [-0.39, 0.29) is 42.4 Å². The van der Waals surface area contributed by atoms with Crippen LogP contribution in [0.4, 0.5) is 10.5 Å². The number of carbonyl (C=O) groups is 3. The highest BCUT2D eigenvalue weighted by Gasteiger charge is 2.39. The lowest BCUT2D eigenvalue weighted by molar-refractivity contribution is -0.136. The standard InChI is InChI=1S/C36H43N3O6/c1-36(2,3)25-10-14-27(15-11-25)39(35(43)38-26-12-16-29(17-13-26)45-28-7-5-4-6-8-28)31-20-22-44-32-23-24(9-18-30(31)32)34(42)37-21-19-33(40)41/h4-9,12-13,16-18,23,25,27,31H,10-11,14-15,19-22H2,1-3H3,(H,37,42)(H,38,43)(H,40,41). The quantitative estimate of drug-likeness (QED) is 0.228. The van der Waals surface area contributed by atoms with E-state index in [4.69, 9.17) is 14.6 Å². The molecule has 9 nitrogen and oxygen atoms in total. The molecule has 45 heavy (non-hydrogen) atoms. The molecule has 3 aromatic carbocycles. The molecule has 238 valence electrons. The van der Waals surface area contributed by atoms with Crippen molar-refractivity contribution in [1.29, 1.82) is 0 Å². The Hall–Kier alpha value is -4.53. The number of hydrogen-bond donors (Lipinski definition) is 3. The number of rotatable bonds is 9. The van der Waals surface area contributed by atoms with Crippen LogP contribution in [0.1, 0.15) is 81.3 Å². The molecule has 3 N–H and O–H groups in total. The maximum Gasteiger partial charge on any atom is 0.322 e. The van der Waals surface area contributed by atoms with Crippen molar-refractivity contribution in [2.75, 3.05) is 18.5 Å². The first-order valence-corrected chi connectivity index (χ1v) is 15.8. The molecule has 1 aliphatic carbocycles. The zero-order valence-electron chi connectivity index (χ0n) is 26.3. The Morgan fingerprint density at radius 1 is 0.911 bits per heavy atom. The molecule has 2 aliphatic rings. The third kappa shape index (κ3) is 8.15. The zero-order valence-corrected chi connectivity index (χ0v) is 26.3. The van der Waals surface area contributed by atoms with Crippen molar-refractivity contribution in [3.05, 3.63) is 83.9 Å². The van der Waals surface area contributed by atoms with Gasteiger partial charge in [0.05, 0.1) is 19.1 Å². The third-order valence-corrected chi connectivity index (χ3v) is 8.88. The molecule has 1 unspecified atom stereocenters. The number of benzene rings is 3. The maximum absolute atomic E-state index is 14.2. The molecule has 1 heterocycles. The van der Waals surface area contributed by atoms with Crippen molar-refractivity contribution in [3.8, 4) is 17.2 Å². The molecule has 0 radical (unpaired) electrons. The molecular weight excluding hydrogens is 570 g/mol. The van der Waals surface area contributed by atoms with Gasteiger partial charge in [-0.05, 0) is 85.5 Å². The molecule has 3 amide bonds. The minimum Gasteiger partial charge on any atom is -0.493 e. The number of aliphatic carboxylic acids is 1. The fraction of sp³-hybridized carbons (Fsp3) is 0.417. The number of carboxylic acid groups (broad SMARTS) is 1. The van der Waals surface area contributed by atoms with Gasteiger partial charge in [-0.1, -0.05) is 45.0 Å². The predicted octanol–water partition coefficient (Wildman–Crippen LogP) is 7.65. The molecule has 0 saturated heterocycles. The minimum atomic E-state index is -0.974. The number of anilines is 1. The van der Waals surface area contributed by atoms with E-state index < -0.39 is 5.97 Å². The van der Waals surface area contributed by atoms with Crippen molar-refractivity contribution in [1.82, 2.24) is 10.2 Å². The summed E-state index contributed by atoms with van der Waals surface area (Å²) in [6, 6.07) is 21.9. The SMILES string of the molecule is CC(C)(C)C1CCC(N(C(=O)Nc2ccc(Oc3ccccc3)cc2)C2CCOc3cc(C(=O)NCCC(=O)O)ccc32)CC1. The van der Waals surface area contributed by atoms with Crippen LogP contribution in [0.25, 0.3) is 0 Å². The van der Waals surface area contributed by atoms with E-state index >= 15 is 0 Å². The third-order valence-electron chi connectivity index (χ3n) is 8.88. The van der Waals surface area contributed by atoms with Crippen LogP contribution in [0.2, 0.25) is 0 Å². The molecule has 9 heteroatoms. The highest BCUT2D eigenvalue weighted by molar-refractivity contribution is 5.95. The molecule has 0 spiro atoms. The number of urea groups is 1. The van der Waals surface area contributed by atoms with Gasteiger partial charge in [-0.25, -0.2) is 4.79 Å². The van der Waals surface area contributed by atoms with E-state index in [1.165, 1.54) is 0 Å². The van der Waals surface area contributed by atoms with E-state index in [0.29, 0.717) is 41.7 Å². The van der Waals surface area contributed by atoms with Gasteiger partial charge in [0.25, 0.3) is 5.91 Å². The summed E-state index contributed by atoms with van der Waals surface area (Å²) in [5.41, 5.74) is 2.14. The molecule has 1 fully saturated rings. The van der Waals surface area contributed by atoms with Crippen LogP contribution in [-0.4, -0.2) is 47.1 Å². The van der Waals surface area contributed by atoms with E-state index in [0.717, 1.165) is 37.0 Å². The van der Waals surface area contributed by atoms with E-state index in [1.807, 2.05) is 65.6 Å². The lowest BCUT2D eigenvalue weighted by atomic mass is 9.71. The second kappa shape index (κ2) is 14.1. The van der Waals surface area contributed by atoms with Crippen LogP contribution >= 0.6 is 0 Å². The average Bonchev–Trinajstić information content (AvgIpc) is 3.02. The van der Waals surface area contributed by atoms with Crippen molar-refractivity contribution in [3.63, 3.8) is 0 Å². The molecule has 1 aliphatic heterocycles. The molecule has 1 saturated carbocycles. The maximum atomic E-state index is 14.2. The minimum absolute atomic E-state index is 0.0410. The first kappa shape index (κ1) is 31.9. The first-order valence-electron chi connectivity index (χ1n) is 15.8. The summed E-state index contributed by atoms with van der Waals surface area (Å²) in [5, 5.41) is 14.7. The van der Waals surface area contributed by atoms with Crippen LogP contribution in [0, 0.1) is 11.3 Å². The van der Waals surface area contributed by atoms with Crippen molar-refractivity contribution >= 4 is 23.6 Å². The van der Waals surface area contributed by atoms with Crippen LogP contribution < -0.4 is 20.1 Å². The lowest BCUT2D eigenvalue weighted by Crippen LogP contribution is -2.48. The van der Waals surface area contributed by atoms with Gasteiger partial charge in [0.15, 0.2) is 0 Å². The fourth-order valence-corrected chi connectivity index (χ4v) is 6.39. The van der Waals surface area contributed by atoms with Gasteiger partial charge in [0, 0.05) is 35.8 Å². The number of para-hydroxylation sites is 1. The number of nitrogens with one attached hydrogen (secondary N) is 2. The topological polar surface area (TPSA) is 117 Å². The van der Waals surface area contributed by atoms with E-state index in [1.54, 1.807) is 12.1 Å². The molecule has 0 aromatic heterocycles. The van der Waals surface area contributed by atoms with Gasteiger partial charge in [-0.3, -0.25) is 9.59 Å². The summed E-state index contributed by atoms with van der Waals surface area (Å²) >= 11 is 0. The fourth-order valence-electron chi connectivity index (χ4n) is 6.39. The number of amides is 3. The largest absolute Gasteiger partial charge is 0.493 e. The summed E-state index contributed by atoms with van der Waals surface area (Å²) in [6.07, 6.45) is 4.41. The highest BCUT2D eigenvalue weighted by Crippen LogP contribution is 2.44. The van der Waals surface area contributed by atoms with Gasteiger partial charge in [-0.15, -0.1) is 0 Å². The van der Waals surface area contributed by atoms with Gasteiger partial charge < -0.3 is 30.1 Å². The summed E-state index contributed by atoms with van der Waals surface area (Å²) in [6.45, 7) is 7.32. The average molecular weight is 614 g/mol. The molecule has 3 aromatic rings. The Balaban J connectivity index is 1.36. The Morgan fingerprint density at radius 2 is 1.60 bits per heavy atom. The van der Waals surface area contributed by atoms with Crippen LogP contribution in [-0.2, 0) is 4.79 Å². The number of carbonyl (C=O) groups excluding carboxylic acids is 2. The molecule has 5 rings (SSSR count). The van der Waals surface area contributed by atoms with E-state index in [2.05, 4.69) is 31.4 Å². The van der Waals surface area contributed by atoms with Crippen LogP contribution in [0.5, 0.6) is 17.2 Å². The second-order valence-corrected chi connectivity index (χ2v) is 13.0. The number of hydrogen-bond acceptors (Lipinski definition) is 5. The number of carboxylic acids is 1. The molecule has 1 atom stereocenters. The molecular formula is C36H43N3O6. The highest BCUT2D eigenvalue weighted by atomic mass is 16.5. The van der Waals surface area contributed by atoms with Crippen LogP contribution in [0.3, 0.4) is 0 Å².